The highest BCUT2D eigenvalue weighted by atomic mass is 19.1. The first-order valence-electron chi connectivity index (χ1n) is 7.26. The SMILES string of the molecule is CCc1nccn1-c1ncnc2c1cnn2-c1ccccc1F. The van der Waals surface area contributed by atoms with E-state index in [0.717, 1.165) is 17.6 Å². The molecule has 0 aliphatic carbocycles. The normalized spacial score (nSPS) is 11.2. The van der Waals surface area contributed by atoms with Gasteiger partial charge in [0.1, 0.15) is 23.7 Å². The molecule has 0 saturated heterocycles. The summed E-state index contributed by atoms with van der Waals surface area (Å²) in [6.45, 7) is 2.03. The molecule has 0 bridgehead atoms. The molecule has 114 valence electrons. The zero-order valence-electron chi connectivity index (χ0n) is 12.4. The summed E-state index contributed by atoms with van der Waals surface area (Å²) >= 11 is 0. The lowest BCUT2D eigenvalue weighted by Crippen LogP contribution is -2.04. The van der Waals surface area contributed by atoms with E-state index in [1.807, 2.05) is 17.7 Å². The lowest BCUT2D eigenvalue weighted by molar-refractivity contribution is 0.612. The van der Waals surface area contributed by atoms with E-state index in [9.17, 15) is 4.39 Å². The fraction of sp³-hybridized carbons (Fsp3) is 0.125. The zero-order chi connectivity index (χ0) is 15.8. The first-order valence-corrected chi connectivity index (χ1v) is 7.26. The third-order valence-corrected chi connectivity index (χ3v) is 3.69. The average molecular weight is 308 g/mol. The Kier molecular flexibility index (Phi) is 3.11. The number of para-hydroxylation sites is 1. The van der Waals surface area contributed by atoms with Gasteiger partial charge >= 0.3 is 0 Å². The van der Waals surface area contributed by atoms with Crippen LogP contribution in [-0.2, 0) is 6.42 Å². The Morgan fingerprint density at radius 3 is 2.83 bits per heavy atom. The van der Waals surface area contributed by atoms with E-state index in [0.29, 0.717) is 17.2 Å². The molecule has 6 nitrogen and oxygen atoms in total. The molecule has 3 heterocycles. The molecule has 4 rings (SSSR count). The van der Waals surface area contributed by atoms with E-state index in [1.165, 1.54) is 17.1 Å². The van der Waals surface area contributed by atoms with Gasteiger partial charge in [-0.15, -0.1) is 0 Å². The van der Waals surface area contributed by atoms with Gasteiger partial charge in [0.05, 0.1) is 11.6 Å². The van der Waals surface area contributed by atoms with Crippen molar-refractivity contribution >= 4 is 11.0 Å². The molecule has 0 spiro atoms. The summed E-state index contributed by atoms with van der Waals surface area (Å²) in [6, 6.07) is 6.47. The predicted octanol–water partition coefficient (Wildman–Crippen LogP) is 2.70. The van der Waals surface area contributed by atoms with Crippen LogP contribution >= 0.6 is 0 Å². The molecule has 0 N–H and O–H groups in total. The number of hydrogen-bond acceptors (Lipinski definition) is 4. The van der Waals surface area contributed by atoms with Crippen LogP contribution in [0, 0.1) is 5.82 Å². The second kappa shape index (κ2) is 5.28. The standard InChI is InChI=1S/C16H13FN6/c1-2-14-18-7-8-22(14)15-11-9-21-23(16(11)20-10-19-15)13-6-4-3-5-12(13)17/h3-10H,2H2,1H3. The fourth-order valence-corrected chi connectivity index (χ4v) is 2.61. The molecule has 3 aromatic heterocycles. The number of rotatable bonds is 3. The van der Waals surface area contributed by atoms with Crippen molar-refractivity contribution in [2.24, 2.45) is 0 Å². The highest BCUT2D eigenvalue weighted by Gasteiger charge is 2.15. The van der Waals surface area contributed by atoms with Gasteiger partial charge in [0.2, 0.25) is 0 Å². The highest BCUT2D eigenvalue weighted by molar-refractivity contribution is 5.83. The summed E-state index contributed by atoms with van der Waals surface area (Å²) in [4.78, 5) is 12.9. The Morgan fingerprint density at radius 1 is 1.13 bits per heavy atom. The van der Waals surface area contributed by atoms with Crippen LogP contribution in [0.2, 0.25) is 0 Å². The maximum absolute atomic E-state index is 14.1. The van der Waals surface area contributed by atoms with E-state index in [-0.39, 0.29) is 5.82 Å². The summed E-state index contributed by atoms with van der Waals surface area (Å²) in [7, 11) is 0. The molecule has 0 fully saturated rings. The number of nitrogens with zero attached hydrogens (tertiary/aromatic N) is 6. The van der Waals surface area contributed by atoms with Crippen molar-refractivity contribution < 1.29 is 4.39 Å². The van der Waals surface area contributed by atoms with Crippen molar-refractivity contribution in [3.8, 4) is 11.5 Å². The van der Waals surface area contributed by atoms with E-state index in [4.69, 9.17) is 0 Å². The minimum absolute atomic E-state index is 0.352. The van der Waals surface area contributed by atoms with Gasteiger partial charge in [0.15, 0.2) is 11.5 Å². The van der Waals surface area contributed by atoms with Crippen LogP contribution in [-0.4, -0.2) is 29.3 Å². The summed E-state index contributed by atoms with van der Waals surface area (Å²) in [5, 5.41) is 5.03. The van der Waals surface area contributed by atoms with E-state index < -0.39 is 0 Å². The van der Waals surface area contributed by atoms with Crippen molar-refractivity contribution in [1.29, 1.82) is 0 Å². The second-order valence-electron chi connectivity index (χ2n) is 5.01. The number of hydrogen-bond donors (Lipinski definition) is 0. The summed E-state index contributed by atoms with van der Waals surface area (Å²) in [5.74, 6) is 1.23. The minimum atomic E-state index is -0.352. The molecule has 0 unspecified atom stereocenters. The maximum Gasteiger partial charge on any atom is 0.168 e. The average Bonchev–Trinajstić information content (AvgIpc) is 3.21. The Morgan fingerprint density at radius 2 is 2.00 bits per heavy atom. The first kappa shape index (κ1) is 13.6. The lowest BCUT2D eigenvalue weighted by Gasteiger charge is -2.07. The molecule has 0 aliphatic rings. The van der Waals surface area contributed by atoms with Crippen LogP contribution < -0.4 is 0 Å². The minimum Gasteiger partial charge on any atom is -0.287 e. The molecule has 23 heavy (non-hydrogen) atoms. The maximum atomic E-state index is 14.1. The Hall–Kier alpha value is -3.09. The summed E-state index contributed by atoms with van der Waals surface area (Å²) in [6.07, 6.45) is 7.46. The van der Waals surface area contributed by atoms with Crippen molar-refractivity contribution in [2.45, 2.75) is 13.3 Å². The third kappa shape index (κ3) is 2.09. The number of halogens is 1. The van der Waals surface area contributed by atoms with Crippen LogP contribution in [0.25, 0.3) is 22.5 Å². The Balaban J connectivity index is 1.96. The van der Waals surface area contributed by atoms with Gasteiger partial charge in [-0.25, -0.2) is 24.0 Å². The third-order valence-electron chi connectivity index (χ3n) is 3.69. The molecule has 0 saturated carbocycles. The van der Waals surface area contributed by atoms with Crippen LogP contribution in [0.4, 0.5) is 4.39 Å². The van der Waals surface area contributed by atoms with Gasteiger partial charge in [0.25, 0.3) is 0 Å². The van der Waals surface area contributed by atoms with Gasteiger partial charge in [0, 0.05) is 18.8 Å². The fourth-order valence-electron chi connectivity index (χ4n) is 2.61. The van der Waals surface area contributed by atoms with Gasteiger partial charge in [-0.3, -0.25) is 4.57 Å². The molecule has 4 aromatic rings. The molecule has 0 amide bonds. The summed E-state index contributed by atoms with van der Waals surface area (Å²) < 4.78 is 17.4. The molecule has 0 radical (unpaired) electrons. The van der Waals surface area contributed by atoms with E-state index in [1.54, 1.807) is 30.6 Å². The summed E-state index contributed by atoms with van der Waals surface area (Å²) in [5.41, 5.74) is 0.907. The number of aromatic nitrogens is 6. The predicted molar refractivity (Wildman–Crippen MR) is 83.1 cm³/mol. The largest absolute Gasteiger partial charge is 0.287 e. The van der Waals surface area contributed by atoms with Crippen LogP contribution in [0.5, 0.6) is 0 Å². The topological polar surface area (TPSA) is 61.4 Å². The van der Waals surface area contributed by atoms with Crippen molar-refractivity contribution in [3.63, 3.8) is 0 Å². The Bertz CT molecular complexity index is 987. The molecule has 0 atom stereocenters. The molecule has 7 heteroatoms. The van der Waals surface area contributed by atoms with Gasteiger partial charge in [-0.1, -0.05) is 19.1 Å². The number of fused-ring (bicyclic) bond motifs is 1. The van der Waals surface area contributed by atoms with Crippen LogP contribution in [0.3, 0.4) is 0 Å². The Labute approximate surface area is 131 Å². The van der Waals surface area contributed by atoms with E-state index in [2.05, 4.69) is 20.1 Å². The monoisotopic (exact) mass is 308 g/mol. The molecule has 1 aromatic carbocycles. The van der Waals surface area contributed by atoms with Crippen molar-refractivity contribution in [3.05, 3.63) is 60.8 Å². The van der Waals surface area contributed by atoms with Gasteiger partial charge in [-0.05, 0) is 12.1 Å². The lowest BCUT2D eigenvalue weighted by atomic mass is 10.3. The second-order valence-corrected chi connectivity index (χ2v) is 5.01. The van der Waals surface area contributed by atoms with Gasteiger partial charge in [-0.2, -0.15) is 5.10 Å². The molecular formula is C16H13FN6. The van der Waals surface area contributed by atoms with Crippen molar-refractivity contribution in [1.82, 2.24) is 29.3 Å². The molecular weight excluding hydrogens is 295 g/mol. The van der Waals surface area contributed by atoms with Gasteiger partial charge < -0.3 is 0 Å². The number of imidazole rings is 1. The van der Waals surface area contributed by atoms with Crippen LogP contribution in [0.15, 0.2) is 49.2 Å². The zero-order valence-corrected chi connectivity index (χ0v) is 12.4. The molecule has 0 aliphatic heterocycles. The smallest absolute Gasteiger partial charge is 0.168 e. The number of aryl methyl sites for hydroxylation is 1. The highest BCUT2D eigenvalue weighted by Crippen LogP contribution is 2.23. The quantitative estimate of drug-likeness (QED) is 0.584. The number of benzene rings is 1. The van der Waals surface area contributed by atoms with Crippen LogP contribution in [0.1, 0.15) is 12.7 Å². The first-order chi connectivity index (χ1) is 11.3. The van der Waals surface area contributed by atoms with E-state index >= 15 is 0 Å². The van der Waals surface area contributed by atoms with Crippen molar-refractivity contribution in [2.75, 3.05) is 0 Å².